The molecule has 0 aliphatic heterocycles. The lowest BCUT2D eigenvalue weighted by molar-refractivity contribution is 0.325. The monoisotopic (exact) mass is 219 g/mol. The molecule has 0 amide bonds. The van der Waals surface area contributed by atoms with Crippen molar-refractivity contribution in [3.05, 3.63) is 11.9 Å². The van der Waals surface area contributed by atoms with Crippen LogP contribution < -0.4 is 10.1 Å². The molecule has 0 radical (unpaired) electrons. The van der Waals surface area contributed by atoms with Crippen molar-refractivity contribution < 1.29 is 4.74 Å². The van der Waals surface area contributed by atoms with Crippen molar-refractivity contribution in [2.75, 3.05) is 11.9 Å². The van der Waals surface area contributed by atoms with Crippen molar-refractivity contribution in [2.45, 2.75) is 44.6 Å². The molecule has 0 saturated heterocycles. The van der Waals surface area contributed by atoms with Crippen molar-refractivity contribution >= 4 is 5.82 Å². The molecule has 0 atom stereocenters. The molecule has 2 fully saturated rings. The van der Waals surface area contributed by atoms with Gasteiger partial charge in [0.1, 0.15) is 11.6 Å². The summed E-state index contributed by atoms with van der Waals surface area (Å²) in [5.74, 6) is 3.17. The predicted molar refractivity (Wildman–Crippen MR) is 61.8 cm³/mol. The van der Waals surface area contributed by atoms with Crippen molar-refractivity contribution in [2.24, 2.45) is 0 Å². The zero-order valence-electron chi connectivity index (χ0n) is 9.57. The average Bonchev–Trinajstić information content (AvgIpc) is 3.13. The third-order valence-corrected chi connectivity index (χ3v) is 2.88. The third-order valence-electron chi connectivity index (χ3n) is 2.88. The molecule has 1 aromatic rings. The van der Waals surface area contributed by atoms with E-state index in [4.69, 9.17) is 4.74 Å². The lowest BCUT2D eigenvalue weighted by Crippen LogP contribution is -2.07. The largest absolute Gasteiger partial charge is 0.478 e. The van der Waals surface area contributed by atoms with Gasteiger partial charge in [0.05, 0.1) is 6.61 Å². The van der Waals surface area contributed by atoms with E-state index in [-0.39, 0.29) is 0 Å². The first-order valence-electron chi connectivity index (χ1n) is 6.13. The topological polar surface area (TPSA) is 47.0 Å². The molecule has 0 bridgehead atoms. The number of hydrogen-bond acceptors (Lipinski definition) is 4. The second-order valence-electron chi connectivity index (χ2n) is 4.58. The highest BCUT2D eigenvalue weighted by Crippen LogP contribution is 2.39. The lowest BCUT2D eigenvalue weighted by Gasteiger charge is -2.09. The summed E-state index contributed by atoms with van der Waals surface area (Å²) in [6.45, 7) is 2.64. The van der Waals surface area contributed by atoms with E-state index in [1.807, 2.05) is 13.0 Å². The van der Waals surface area contributed by atoms with Gasteiger partial charge >= 0.3 is 0 Å². The van der Waals surface area contributed by atoms with Crippen LogP contribution in [0.2, 0.25) is 0 Å². The van der Waals surface area contributed by atoms with Crippen LogP contribution in [-0.2, 0) is 0 Å². The van der Waals surface area contributed by atoms with Gasteiger partial charge in [-0.15, -0.1) is 0 Å². The molecule has 86 valence electrons. The number of aromatic nitrogens is 2. The molecule has 4 heteroatoms. The molecule has 0 unspecified atom stereocenters. The van der Waals surface area contributed by atoms with Crippen LogP contribution in [0.15, 0.2) is 6.07 Å². The average molecular weight is 219 g/mol. The summed E-state index contributed by atoms with van der Waals surface area (Å²) in [5.41, 5.74) is 0. The summed E-state index contributed by atoms with van der Waals surface area (Å²) >= 11 is 0. The molecule has 1 N–H and O–H groups in total. The van der Waals surface area contributed by atoms with Gasteiger partial charge in [0.2, 0.25) is 5.88 Å². The normalized spacial score (nSPS) is 19.6. The molecule has 3 rings (SSSR count). The van der Waals surface area contributed by atoms with Gasteiger partial charge in [-0.2, -0.15) is 4.98 Å². The van der Waals surface area contributed by atoms with Crippen LogP contribution in [0, 0.1) is 0 Å². The van der Waals surface area contributed by atoms with E-state index < -0.39 is 0 Å². The molecule has 16 heavy (non-hydrogen) atoms. The van der Waals surface area contributed by atoms with Crippen molar-refractivity contribution in [1.29, 1.82) is 0 Å². The zero-order chi connectivity index (χ0) is 11.0. The van der Waals surface area contributed by atoms with Crippen molar-refractivity contribution in [3.8, 4) is 5.88 Å². The number of nitrogens with zero attached hydrogens (tertiary/aromatic N) is 2. The SMILES string of the molecule is CCOc1cc(NC2CC2)nc(C2CC2)n1. The fourth-order valence-electron chi connectivity index (χ4n) is 1.70. The Morgan fingerprint density at radius 1 is 1.31 bits per heavy atom. The van der Waals surface area contributed by atoms with Crippen LogP contribution in [0.25, 0.3) is 0 Å². The summed E-state index contributed by atoms with van der Waals surface area (Å²) < 4.78 is 5.48. The number of ether oxygens (including phenoxy) is 1. The zero-order valence-corrected chi connectivity index (χ0v) is 9.57. The van der Waals surface area contributed by atoms with Crippen LogP contribution in [0.3, 0.4) is 0 Å². The number of hydrogen-bond donors (Lipinski definition) is 1. The third kappa shape index (κ3) is 2.26. The van der Waals surface area contributed by atoms with Gasteiger partial charge in [-0.05, 0) is 32.6 Å². The van der Waals surface area contributed by atoms with E-state index in [1.165, 1.54) is 25.7 Å². The molecule has 0 aromatic carbocycles. The minimum absolute atomic E-state index is 0.570. The second kappa shape index (κ2) is 3.92. The van der Waals surface area contributed by atoms with Crippen LogP contribution in [-0.4, -0.2) is 22.6 Å². The highest BCUT2D eigenvalue weighted by Gasteiger charge is 2.28. The molecule has 2 aliphatic carbocycles. The van der Waals surface area contributed by atoms with Crippen molar-refractivity contribution in [1.82, 2.24) is 9.97 Å². The molecule has 4 nitrogen and oxygen atoms in total. The molecule has 2 saturated carbocycles. The first-order chi connectivity index (χ1) is 7.85. The highest BCUT2D eigenvalue weighted by molar-refractivity contribution is 5.41. The van der Waals surface area contributed by atoms with Gasteiger partial charge < -0.3 is 10.1 Å². The maximum atomic E-state index is 5.48. The van der Waals surface area contributed by atoms with E-state index in [9.17, 15) is 0 Å². The quantitative estimate of drug-likeness (QED) is 0.825. The van der Waals surface area contributed by atoms with Crippen LogP contribution >= 0.6 is 0 Å². The summed E-state index contributed by atoms with van der Waals surface area (Å²) in [6, 6.07) is 2.53. The first kappa shape index (κ1) is 9.87. The number of anilines is 1. The van der Waals surface area contributed by atoms with Gasteiger partial charge in [0, 0.05) is 18.0 Å². The summed E-state index contributed by atoms with van der Waals surface area (Å²) in [5, 5.41) is 3.41. The first-order valence-corrected chi connectivity index (χ1v) is 6.13. The Balaban J connectivity index is 1.83. The van der Waals surface area contributed by atoms with E-state index in [2.05, 4.69) is 15.3 Å². The van der Waals surface area contributed by atoms with Gasteiger partial charge in [-0.1, -0.05) is 0 Å². The summed E-state index contributed by atoms with van der Waals surface area (Å²) in [7, 11) is 0. The Hall–Kier alpha value is -1.32. The maximum Gasteiger partial charge on any atom is 0.218 e. The Kier molecular flexibility index (Phi) is 2.42. The Morgan fingerprint density at radius 2 is 2.12 bits per heavy atom. The Morgan fingerprint density at radius 3 is 2.75 bits per heavy atom. The molecule has 1 heterocycles. The molecular formula is C12H17N3O. The highest BCUT2D eigenvalue weighted by atomic mass is 16.5. The van der Waals surface area contributed by atoms with E-state index >= 15 is 0 Å². The Bertz CT molecular complexity index is 386. The van der Waals surface area contributed by atoms with Crippen LogP contribution in [0.1, 0.15) is 44.3 Å². The predicted octanol–water partition coefficient (Wildman–Crippen LogP) is 2.33. The summed E-state index contributed by atoms with van der Waals surface area (Å²) in [4.78, 5) is 9.00. The van der Waals surface area contributed by atoms with Crippen LogP contribution in [0.5, 0.6) is 5.88 Å². The van der Waals surface area contributed by atoms with E-state index in [0.717, 1.165) is 11.6 Å². The molecule has 1 aromatic heterocycles. The smallest absolute Gasteiger partial charge is 0.218 e. The van der Waals surface area contributed by atoms with Crippen LogP contribution in [0.4, 0.5) is 5.82 Å². The number of nitrogens with one attached hydrogen (secondary N) is 1. The van der Waals surface area contributed by atoms with E-state index in [0.29, 0.717) is 24.4 Å². The number of rotatable bonds is 5. The maximum absolute atomic E-state index is 5.48. The van der Waals surface area contributed by atoms with E-state index in [1.54, 1.807) is 0 Å². The molecule has 0 spiro atoms. The standard InChI is InChI=1S/C12H17N3O/c1-2-16-11-7-10(13-9-5-6-9)14-12(15-11)8-3-4-8/h7-9H,2-6H2,1H3,(H,13,14,15). The minimum atomic E-state index is 0.570. The Labute approximate surface area is 95.4 Å². The minimum Gasteiger partial charge on any atom is -0.478 e. The molecular weight excluding hydrogens is 202 g/mol. The van der Waals surface area contributed by atoms with Gasteiger partial charge in [0.25, 0.3) is 0 Å². The fourth-order valence-corrected chi connectivity index (χ4v) is 1.70. The van der Waals surface area contributed by atoms with Gasteiger partial charge in [-0.25, -0.2) is 4.98 Å². The summed E-state index contributed by atoms with van der Waals surface area (Å²) in [6.07, 6.45) is 4.95. The fraction of sp³-hybridized carbons (Fsp3) is 0.667. The lowest BCUT2D eigenvalue weighted by atomic mass is 10.4. The molecule has 2 aliphatic rings. The second-order valence-corrected chi connectivity index (χ2v) is 4.58. The van der Waals surface area contributed by atoms with Crippen molar-refractivity contribution in [3.63, 3.8) is 0 Å². The van der Waals surface area contributed by atoms with Gasteiger partial charge in [-0.3, -0.25) is 0 Å². The van der Waals surface area contributed by atoms with Gasteiger partial charge in [0.15, 0.2) is 0 Å².